The lowest BCUT2D eigenvalue weighted by Crippen LogP contribution is -2.09. The molecule has 0 saturated carbocycles. The lowest BCUT2D eigenvalue weighted by molar-refractivity contribution is -0.136. The molecule has 4 aromatic rings. The summed E-state index contributed by atoms with van der Waals surface area (Å²) in [7, 11) is 0. The van der Waals surface area contributed by atoms with Crippen LogP contribution in [0.2, 0.25) is 0 Å². The van der Waals surface area contributed by atoms with E-state index >= 15 is 0 Å². The first-order valence-electron chi connectivity index (χ1n) is 8.62. The molecule has 0 aliphatic heterocycles. The fourth-order valence-electron chi connectivity index (χ4n) is 2.99. The van der Waals surface area contributed by atoms with Gasteiger partial charge in [0.25, 0.3) is 0 Å². The monoisotopic (exact) mass is 401 g/mol. The van der Waals surface area contributed by atoms with Crippen LogP contribution in [-0.2, 0) is 6.18 Å². The highest BCUT2D eigenvalue weighted by Crippen LogP contribution is 2.35. The van der Waals surface area contributed by atoms with Crippen molar-refractivity contribution >= 4 is 34.0 Å². The Balaban J connectivity index is 1.61. The van der Waals surface area contributed by atoms with Gasteiger partial charge in [-0.15, -0.1) is 0 Å². The van der Waals surface area contributed by atoms with E-state index in [4.69, 9.17) is 0 Å². The summed E-state index contributed by atoms with van der Waals surface area (Å²) in [5, 5.41) is 5.84. The van der Waals surface area contributed by atoms with Crippen LogP contribution in [0.1, 0.15) is 11.3 Å². The standard InChI is InChI=1S/C20H15F4N5/c1-11-10-12-14(26-11)6-7-16(18(12)21)27-17-8-9-25-19(29-17)28-15-5-3-2-4-13(15)20(22,23)24/h2-10,26H,1H3,(H2,25,27,28,29). The molecule has 148 valence electrons. The van der Waals surface area contributed by atoms with Crippen molar-refractivity contribution in [3.8, 4) is 0 Å². The molecule has 0 spiro atoms. The van der Waals surface area contributed by atoms with Gasteiger partial charge >= 0.3 is 6.18 Å². The van der Waals surface area contributed by atoms with Crippen molar-refractivity contribution in [3.63, 3.8) is 0 Å². The number of anilines is 4. The molecule has 2 aromatic heterocycles. The highest BCUT2D eigenvalue weighted by molar-refractivity contribution is 5.85. The Morgan fingerprint density at radius 1 is 0.966 bits per heavy atom. The van der Waals surface area contributed by atoms with Crippen LogP contribution >= 0.6 is 0 Å². The van der Waals surface area contributed by atoms with E-state index < -0.39 is 17.6 Å². The van der Waals surface area contributed by atoms with Crippen LogP contribution in [0.5, 0.6) is 0 Å². The Labute approximate surface area is 162 Å². The van der Waals surface area contributed by atoms with Crippen LogP contribution in [0.15, 0.2) is 54.7 Å². The number of hydrogen-bond acceptors (Lipinski definition) is 4. The van der Waals surface area contributed by atoms with E-state index in [-0.39, 0.29) is 23.1 Å². The number of benzene rings is 2. The van der Waals surface area contributed by atoms with Crippen molar-refractivity contribution in [1.29, 1.82) is 0 Å². The van der Waals surface area contributed by atoms with Gasteiger partial charge in [0, 0.05) is 22.8 Å². The van der Waals surface area contributed by atoms with Gasteiger partial charge in [0.1, 0.15) is 5.82 Å². The molecule has 0 saturated heterocycles. The van der Waals surface area contributed by atoms with E-state index in [1.165, 1.54) is 30.5 Å². The molecule has 4 rings (SSSR count). The maximum atomic E-state index is 14.7. The van der Waals surface area contributed by atoms with Gasteiger partial charge < -0.3 is 15.6 Å². The predicted octanol–water partition coefficient (Wildman–Crippen LogP) is 5.91. The normalized spacial score (nSPS) is 11.6. The van der Waals surface area contributed by atoms with E-state index in [9.17, 15) is 17.6 Å². The number of hydrogen-bond donors (Lipinski definition) is 3. The Morgan fingerprint density at radius 2 is 1.76 bits per heavy atom. The maximum absolute atomic E-state index is 14.7. The molecule has 0 bridgehead atoms. The molecule has 0 aliphatic carbocycles. The average molecular weight is 401 g/mol. The quantitative estimate of drug-likeness (QED) is 0.372. The third-order valence-corrected chi connectivity index (χ3v) is 4.27. The Morgan fingerprint density at radius 3 is 2.55 bits per heavy atom. The Hall–Kier alpha value is -3.62. The molecule has 3 N–H and O–H groups in total. The number of H-pyrrole nitrogens is 1. The zero-order valence-corrected chi connectivity index (χ0v) is 15.1. The zero-order chi connectivity index (χ0) is 20.6. The summed E-state index contributed by atoms with van der Waals surface area (Å²) >= 11 is 0. The number of aromatic amines is 1. The van der Waals surface area contributed by atoms with Gasteiger partial charge in [-0.2, -0.15) is 18.2 Å². The van der Waals surface area contributed by atoms with Crippen molar-refractivity contribution in [2.75, 3.05) is 10.6 Å². The first-order chi connectivity index (χ1) is 13.8. The fraction of sp³-hybridized carbons (Fsp3) is 0.100. The smallest absolute Gasteiger partial charge is 0.359 e. The molecule has 9 heteroatoms. The van der Waals surface area contributed by atoms with Crippen LogP contribution in [0.4, 0.5) is 40.7 Å². The molecule has 0 amide bonds. The van der Waals surface area contributed by atoms with Gasteiger partial charge in [0.05, 0.1) is 16.9 Å². The third-order valence-electron chi connectivity index (χ3n) is 4.27. The number of aromatic nitrogens is 3. The molecule has 0 atom stereocenters. The van der Waals surface area contributed by atoms with Crippen molar-refractivity contribution in [2.24, 2.45) is 0 Å². The number of halogens is 4. The molecular weight excluding hydrogens is 386 g/mol. The Kier molecular flexibility index (Phi) is 4.57. The number of nitrogens with zero attached hydrogens (tertiary/aromatic N) is 2. The third kappa shape index (κ3) is 3.84. The molecule has 5 nitrogen and oxygen atoms in total. The minimum atomic E-state index is -4.52. The molecule has 2 heterocycles. The van der Waals surface area contributed by atoms with Gasteiger partial charge in [-0.25, -0.2) is 9.37 Å². The van der Waals surface area contributed by atoms with Crippen molar-refractivity contribution < 1.29 is 17.6 Å². The molecule has 0 unspecified atom stereocenters. The highest BCUT2D eigenvalue weighted by Gasteiger charge is 2.33. The molecule has 0 radical (unpaired) electrons. The summed E-state index contributed by atoms with van der Waals surface area (Å²) in [5.41, 5.74) is 0.679. The van der Waals surface area contributed by atoms with Crippen LogP contribution in [0.3, 0.4) is 0 Å². The molecule has 0 aliphatic rings. The molecule has 29 heavy (non-hydrogen) atoms. The number of nitrogens with one attached hydrogen (secondary N) is 3. The second-order valence-corrected chi connectivity index (χ2v) is 6.40. The van der Waals surface area contributed by atoms with Gasteiger partial charge in [0.2, 0.25) is 5.95 Å². The minimum Gasteiger partial charge on any atom is -0.359 e. The van der Waals surface area contributed by atoms with E-state index in [0.717, 1.165) is 11.8 Å². The van der Waals surface area contributed by atoms with Crippen LogP contribution in [0.25, 0.3) is 10.9 Å². The van der Waals surface area contributed by atoms with Crippen LogP contribution in [0, 0.1) is 12.7 Å². The van der Waals surface area contributed by atoms with E-state index in [1.54, 1.807) is 18.2 Å². The number of para-hydroxylation sites is 1. The summed E-state index contributed by atoms with van der Waals surface area (Å²) in [6.45, 7) is 1.83. The van der Waals surface area contributed by atoms with Gasteiger partial charge in [0.15, 0.2) is 5.82 Å². The van der Waals surface area contributed by atoms with E-state index in [2.05, 4.69) is 25.6 Å². The summed E-state index contributed by atoms with van der Waals surface area (Å²) < 4.78 is 54.2. The first-order valence-corrected chi connectivity index (χ1v) is 8.62. The van der Waals surface area contributed by atoms with Crippen LogP contribution < -0.4 is 10.6 Å². The van der Waals surface area contributed by atoms with Crippen molar-refractivity contribution in [3.05, 3.63) is 71.8 Å². The summed E-state index contributed by atoms with van der Waals surface area (Å²) in [4.78, 5) is 11.1. The lowest BCUT2D eigenvalue weighted by atomic mass is 10.1. The largest absolute Gasteiger partial charge is 0.418 e. The fourth-order valence-corrected chi connectivity index (χ4v) is 2.99. The molecule has 0 fully saturated rings. The van der Waals surface area contributed by atoms with Crippen molar-refractivity contribution in [1.82, 2.24) is 15.0 Å². The summed E-state index contributed by atoms with van der Waals surface area (Å²) in [6.07, 6.45) is -3.16. The van der Waals surface area contributed by atoms with Crippen LogP contribution in [-0.4, -0.2) is 15.0 Å². The second kappa shape index (κ2) is 7.08. The summed E-state index contributed by atoms with van der Waals surface area (Å²) in [5.74, 6) is -0.273. The number of alkyl halides is 3. The van der Waals surface area contributed by atoms with Gasteiger partial charge in [-0.3, -0.25) is 0 Å². The lowest BCUT2D eigenvalue weighted by Gasteiger charge is -2.14. The molecule has 2 aromatic carbocycles. The maximum Gasteiger partial charge on any atom is 0.418 e. The second-order valence-electron chi connectivity index (χ2n) is 6.40. The minimum absolute atomic E-state index is 0.0503. The number of aryl methyl sites for hydroxylation is 1. The SMILES string of the molecule is Cc1cc2c(F)c(Nc3ccnc(Nc4ccccc4C(F)(F)F)n3)ccc2[nH]1. The van der Waals surface area contributed by atoms with Gasteiger partial charge in [-0.1, -0.05) is 12.1 Å². The topological polar surface area (TPSA) is 65.6 Å². The highest BCUT2D eigenvalue weighted by atomic mass is 19.4. The van der Waals surface area contributed by atoms with E-state index in [0.29, 0.717) is 10.9 Å². The molecular formula is C20H15F4N5. The van der Waals surface area contributed by atoms with Crippen molar-refractivity contribution in [2.45, 2.75) is 13.1 Å². The summed E-state index contributed by atoms with van der Waals surface area (Å²) in [6, 6.07) is 11.5. The van der Waals surface area contributed by atoms with E-state index in [1.807, 2.05) is 6.92 Å². The predicted molar refractivity (Wildman–Crippen MR) is 103 cm³/mol. The Bertz CT molecular complexity index is 1180. The number of rotatable bonds is 4. The zero-order valence-electron chi connectivity index (χ0n) is 15.1. The average Bonchev–Trinajstić information content (AvgIpc) is 3.05. The first kappa shape index (κ1) is 18.7. The van der Waals surface area contributed by atoms with Gasteiger partial charge in [-0.05, 0) is 43.3 Å². The number of fused-ring (bicyclic) bond motifs is 1.